The monoisotopic (exact) mass is 266 g/mol. The number of hydrogen-bond donors (Lipinski definition) is 2. The third-order valence-corrected chi connectivity index (χ3v) is 2.42. The lowest BCUT2D eigenvalue weighted by Gasteiger charge is -1.96. The van der Waals surface area contributed by atoms with Gasteiger partial charge in [0.1, 0.15) is 0 Å². The van der Waals surface area contributed by atoms with Gasteiger partial charge in [-0.15, -0.1) is 0 Å². The fraction of sp³-hybridized carbons (Fsp3) is 0.182. The van der Waals surface area contributed by atoms with Crippen molar-refractivity contribution in [3.63, 3.8) is 0 Å². The molecule has 2 heterocycles. The average Bonchev–Trinajstić information content (AvgIpc) is 2.80. The highest BCUT2D eigenvalue weighted by Crippen LogP contribution is 2.19. The second kappa shape index (κ2) is 5.09. The van der Waals surface area contributed by atoms with E-state index in [1.165, 1.54) is 12.3 Å². The van der Waals surface area contributed by atoms with Crippen LogP contribution < -0.4 is 4.72 Å². The largest absolute Gasteiger partial charge is 0.460 e. The summed E-state index contributed by atoms with van der Waals surface area (Å²) in [7, 11) is 0. The number of amides is 1. The van der Waals surface area contributed by atoms with Crippen LogP contribution in [0.2, 0.25) is 0 Å². The molecule has 0 aliphatic heterocycles. The van der Waals surface area contributed by atoms with Crippen LogP contribution in [-0.2, 0) is 4.74 Å². The molecule has 94 valence electrons. The van der Waals surface area contributed by atoms with Gasteiger partial charge in [-0.25, -0.2) is 9.78 Å². The zero-order chi connectivity index (χ0) is 13.1. The highest BCUT2D eigenvalue weighted by Gasteiger charge is 2.15. The van der Waals surface area contributed by atoms with Gasteiger partial charge in [0.25, 0.3) is 5.91 Å². The summed E-state index contributed by atoms with van der Waals surface area (Å²) in [5.41, 5.74) is 0.600. The minimum atomic E-state index is -0.560. The molecule has 0 aliphatic rings. The molecule has 0 saturated carbocycles. The fourth-order valence-electron chi connectivity index (χ4n) is 1.42. The molecule has 0 atom stereocenters. The van der Waals surface area contributed by atoms with Crippen molar-refractivity contribution in [1.82, 2.24) is 9.71 Å². The van der Waals surface area contributed by atoms with Crippen molar-refractivity contribution in [2.24, 2.45) is 0 Å². The number of esters is 1. The predicted molar refractivity (Wildman–Crippen MR) is 66.4 cm³/mol. The molecule has 0 spiro atoms. The lowest BCUT2D eigenvalue weighted by atomic mass is 10.2. The molecule has 1 amide bonds. The van der Waals surface area contributed by atoms with Gasteiger partial charge in [-0.2, -0.15) is 0 Å². The molecule has 0 aromatic carbocycles. The molecule has 0 radical (unpaired) electrons. The van der Waals surface area contributed by atoms with E-state index in [4.69, 9.17) is 9.15 Å². The van der Waals surface area contributed by atoms with Crippen molar-refractivity contribution in [3.8, 4) is 0 Å². The summed E-state index contributed by atoms with van der Waals surface area (Å²) in [6.07, 6.45) is 1.34. The Kier molecular flexibility index (Phi) is 3.52. The number of carbonyl (C=O) groups is 2. The van der Waals surface area contributed by atoms with Crippen LogP contribution in [-0.4, -0.2) is 23.5 Å². The van der Waals surface area contributed by atoms with Crippen LogP contribution in [0.1, 0.15) is 27.8 Å². The fourth-order valence-corrected chi connectivity index (χ4v) is 1.55. The molecule has 2 rings (SSSR count). The smallest absolute Gasteiger partial charge is 0.374 e. The molecular formula is C11H10N2O4S. The first-order valence-corrected chi connectivity index (χ1v) is 5.61. The van der Waals surface area contributed by atoms with Crippen molar-refractivity contribution >= 4 is 35.8 Å². The molecule has 0 bridgehead atoms. The number of aromatic nitrogens is 1. The van der Waals surface area contributed by atoms with Crippen LogP contribution >= 0.6 is 12.8 Å². The molecule has 0 aliphatic carbocycles. The molecule has 0 unspecified atom stereocenters. The molecule has 2 aromatic rings. The maximum absolute atomic E-state index is 11.5. The van der Waals surface area contributed by atoms with Crippen LogP contribution in [0.15, 0.2) is 22.7 Å². The normalized spacial score (nSPS) is 10.3. The highest BCUT2D eigenvalue weighted by molar-refractivity contribution is 7.78. The number of furan rings is 1. The SMILES string of the molecule is CCOC(=O)c1cc2cc(C(=O)NS)cnc2o1. The minimum Gasteiger partial charge on any atom is -0.460 e. The molecular weight excluding hydrogens is 256 g/mol. The molecule has 0 saturated heterocycles. The Morgan fingerprint density at radius 2 is 2.28 bits per heavy atom. The third kappa shape index (κ3) is 2.30. The van der Waals surface area contributed by atoms with Gasteiger partial charge in [-0.05, 0) is 13.0 Å². The standard InChI is InChI=1S/C11H10N2O4S/c1-2-16-11(15)8-4-6-3-7(9(14)13-18)5-12-10(6)17-8/h3-5,18H,2H2,1H3,(H,13,14). The van der Waals surface area contributed by atoms with Crippen molar-refractivity contribution in [2.75, 3.05) is 6.61 Å². The Morgan fingerprint density at radius 1 is 1.50 bits per heavy atom. The lowest BCUT2D eigenvalue weighted by molar-refractivity contribution is 0.0492. The van der Waals surface area contributed by atoms with E-state index in [1.54, 1.807) is 13.0 Å². The summed E-state index contributed by atoms with van der Waals surface area (Å²) in [4.78, 5) is 26.7. The maximum atomic E-state index is 11.5. The maximum Gasteiger partial charge on any atom is 0.374 e. The molecule has 0 fully saturated rings. The first-order valence-electron chi connectivity index (χ1n) is 5.17. The van der Waals surface area contributed by atoms with Gasteiger partial charge in [0, 0.05) is 17.6 Å². The second-order valence-corrected chi connectivity index (χ2v) is 3.61. The minimum absolute atomic E-state index is 0.0581. The summed E-state index contributed by atoms with van der Waals surface area (Å²) >= 11 is 3.66. The van der Waals surface area contributed by atoms with Crippen LogP contribution in [0.3, 0.4) is 0 Å². The van der Waals surface area contributed by atoms with Gasteiger partial charge in [0.2, 0.25) is 11.5 Å². The van der Waals surface area contributed by atoms with Crippen molar-refractivity contribution in [3.05, 3.63) is 29.7 Å². The number of ether oxygens (including phenoxy) is 1. The van der Waals surface area contributed by atoms with Gasteiger partial charge < -0.3 is 9.15 Å². The van der Waals surface area contributed by atoms with Crippen molar-refractivity contribution in [2.45, 2.75) is 6.92 Å². The zero-order valence-corrected chi connectivity index (χ0v) is 10.4. The van der Waals surface area contributed by atoms with Crippen LogP contribution in [0, 0.1) is 0 Å². The van der Waals surface area contributed by atoms with E-state index in [0.717, 1.165) is 0 Å². The molecule has 1 N–H and O–H groups in total. The summed E-state index contributed by atoms with van der Waals surface area (Å²) in [6.45, 7) is 1.96. The number of rotatable bonds is 3. The Labute approximate surface area is 108 Å². The van der Waals surface area contributed by atoms with Gasteiger partial charge >= 0.3 is 5.97 Å². The van der Waals surface area contributed by atoms with E-state index in [9.17, 15) is 9.59 Å². The first kappa shape index (κ1) is 12.4. The molecule has 2 aromatic heterocycles. The Morgan fingerprint density at radius 3 is 2.94 bits per heavy atom. The van der Waals surface area contributed by atoms with E-state index < -0.39 is 5.97 Å². The lowest BCUT2D eigenvalue weighted by Crippen LogP contribution is -2.12. The Bertz CT molecular complexity index is 608. The Hall–Kier alpha value is -2.02. The van der Waals surface area contributed by atoms with Crippen LogP contribution in [0.5, 0.6) is 0 Å². The number of fused-ring (bicyclic) bond motifs is 1. The number of nitrogens with one attached hydrogen (secondary N) is 1. The van der Waals surface area contributed by atoms with E-state index in [1.807, 2.05) is 0 Å². The summed E-state index contributed by atoms with van der Waals surface area (Å²) in [6, 6.07) is 3.04. The predicted octanol–water partition coefficient (Wildman–Crippen LogP) is 1.58. The second-order valence-electron chi connectivity index (χ2n) is 3.39. The zero-order valence-electron chi connectivity index (χ0n) is 9.47. The van der Waals surface area contributed by atoms with Crippen molar-refractivity contribution in [1.29, 1.82) is 0 Å². The first-order chi connectivity index (χ1) is 8.65. The number of hydrogen-bond acceptors (Lipinski definition) is 6. The van der Waals surface area contributed by atoms with Crippen molar-refractivity contribution < 1.29 is 18.7 Å². The highest BCUT2D eigenvalue weighted by atomic mass is 32.1. The molecule has 7 heteroatoms. The number of carbonyl (C=O) groups excluding carboxylic acids is 2. The van der Waals surface area contributed by atoms with Crippen LogP contribution in [0.4, 0.5) is 0 Å². The van der Waals surface area contributed by atoms with E-state index in [2.05, 4.69) is 22.5 Å². The van der Waals surface area contributed by atoms with E-state index in [0.29, 0.717) is 10.9 Å². The van der Waals surface area contributed by atoms with Gasteiger partial charge in [0.05, 0.1) is 12.2 Å². The summed E-state index contributed by atoms with van der Waals surface area (Å²) in [5.74, 6) is -0.884. The number of nitrogens with zero attached hydrogens (tertiary/aromatic N) is 1. The van der Waals surface area contributed by atoms with Gasteiger partial charge in [-0.1, -0.05) is 12.8 Å². The summed E-state index contributed by atoms with van der Waals surface area (Å²) < 4.78 is 12.2. The van der Waals surface area contributed by atoms with Gasteiger partial charge in [0.15, 0.2) is 0 Å². The molecule has 6 nitrogen and oxygen atoms in total. The van der Waals surface area contributed by atoms with Crippen LogP contribution in [0.25, 0.3) is 11.1 Å². The molecule has 18 heavy (non-hydrogen) atoms. The number of pyridine rings is 1. The topological polar surface area (TPSA) is 81.4 Å². The Balaban J connectivity index is 2.39. The number of thiol groups is 1. The quantitative estimate of drug-likeness (QED) is 0.651. The summed E-state index contributed by atoms with van der Waals surface area (Å²) in [5, 5.41) is 0.549. The van der Waals surface area contributed by atoms with Gasteiger partial charge in [-0.3, -0.25) is 9.52 Å². The van der Waals surface area contributed by atoms with E-state index in [-0.39, 0.29) is 24.0 Å². The third-order valence-electron chi connectivity index (χ3n) is 2.21. The van der Waals surface area contributed by atoms with E-state index >= 15 is 0 Å². The average molecular weight is 266 g/mol.